The van der Waals surface area contributed by atoms with Crippen LogP contribution in [0.15, 0.2) is 22.9 Å². The fraction of sp³-hybridized carbons (Fsp3) is 0.538. The van der Waals surface area contributed by atoms with Gasteiger partial charge in [0.15, 0.2) is 0 Å². The van der Waals surface area contributed by atoms with Gasteiger partial charge in [0.1, 0.15) is 4.60 Å². The summed E-state index contributed by atoms with van der Waals surface area (Å²) in [6.45, 7) is 4.79. The molecule has 1 aliphatic heterocycles. The van der Waals surface area contributed by atoms with E-state index >= 15 is 0 Å². The van der Waals surface area contributed by atoms with Crippen LogP contribution in [0.4, 0.5) is 0 Å². The molecule has 0 bridgehead atoms. The number of carbonyl (C=O) groups is 1. The Kier molecular flexibility index (Phi) is 4.02. The van der Waals surface area contributed by atoms with Gasteiger partial charge in [-0.15, -0.1) is 0 Å². The van der Waals surface area contributed by atoms with Crippen molar-refractivity contribution in [3.05, 3.63) is 28.5 Å². The standard InChI is InChI=1S/C13H17BrN2O2/c1-13(2)8-10(4-6-18-13)16-12(17)9-3-5-15-11(14)7-9/h3,5,7,10H,4,6,8H2,1-2H3,(H,16,17). The smallest absolute Gasteiger partial charge is 0.251 e. The molecule has 1 amide bonds. The second-order valence-corrected chi connectivity index (χ2v) is 5.95. The van der Waals surface area contributed by atoms with Crippen LogP contribution in [0.3, 0.4) is 0 Å². The number of pyridine rings is 1. The number of nitrogens with one attached hydrogen (secondary N) is 1. The van der Waals surface area contributed by atoms with Gasteiger partial charge < -0.3 is 10.1 Å². The van der Waals surface area contributed by atoms with Crippen LogP contribution < -0.4 is 5.32 Å². The molecule has 4 nitrogen and oxygen atoms in total. The van der Waals surface area contributed by atoms with Crippen molar-refractivity contribution in [2.75, 3.05) is 6.61 Å². The SMILES string of the molecule is CC1(C)CC(NC(=O)c2ccnc(Br)c2)CCO1. The first-order valence-electron chi connectivity index (χ1n) is 6.03. The van der Waals surface area contributed by atoms with Gasteiger partial charge in [0.05, 0.1) is 5.60 Å². The molecule has 1 atom stereocenters. The molecule has 5 heteroatoms. The zero-order valence-electron chi connectivity index (χ0n) is 10.6. The summed E-state index contributed by atoms with van der Waals surface area (Å²) in [5, 5.41) is 3.05. The second-order valence-electron chi connectivity index (χ2n) is 5.14. The van der Waals surface area contributed by atoms with Crippen LogP contribution in [0.2, 0.25) is 0 Å². The van der Waals surface area contributed by atoms with E-state index in [0.717, 1.165) is 12.8 Å². The molecule has 1 fully saturated rings. The van der Waals surface area contributed by atoms with E-state index in [1.54, 1.807) is 18.3 Å². The fourth-order valence-corrected chi connectivity index (χ4v) is 2.53. The normalized spacial score (nSPS) is 22.5. The number of aromatic nitrogens is 1. The van der Waals surface area contributed by atoms with E-state index < -0.39 is 0 Å². The summed E-state index contributed by atoms with van der Waals surface area (Å²) in [5.74, 6) is -0.0548. The summed E-state index contributed by atoms with van der Waals surface area (Å²) in [6, 6.07) is 3.61. The fourth-order valence-electron chi connectivity index (χ4n) is 2.17. The van der Waals surface area contributed by atoms with Crippen LogP contribution in [0, 0.1) is 0 Å². The molecule has 1 aromatic rings. The molecule has 0 spiro atoms. The van der Waals surface area contributed by atoms with Crippen LogP contribution in [0.1, 0.15) is 37.0 Å². The highest BCUT2D eigenvalue weighted by molar-refractivity contribution is 9.10. The Morgan fingerprint density at radius 3 is 3.06 bits per heavy atom. The Labute approximate surface area is 115 Å². The van der Waals surface area contributed by atoms with Crippen LogP contribution in [0.5, 0.6) is 0 Å². The Morgan fingerprint density at radius 1 is 1.61 bits per heavy atom. The van der Waals surface area contributed by atoms with E-state index in [0.29, 0.717) is 16.8 Å². The molecular formula is C13H17BrN2O2. The van der Waals surface area contributed by atoms with Crippen LogP contribution >= 0.6 is 15.9 Å². The number of carbonyl (C=O) groups excluding carboxylic acids is 1. The van der Waals surface area contributed by atoms with Gasteiger partial charge in [-0.2, -0.15) is 0 Å². The van der Waals surface area contributed by atoms with Crippen molar-refractivity contribution in [1.29, 1.82) is 0 Å². The molecule has 1 aromatic heterocycles. The molecule has 2 heterocycles. The van der Waals surface area contributed by atoms with E-state index in [2.05, 4.69) is 26.2 Å². The van der Waals surface area contributed by atoms with Gasteiger partial charge in [0.2, 0.25) is 0 Å². The average Bonchev–Trinajstić information content (AvgIpc) is 2.27. The van der Waals surface area contributed by atoms with E-state index in [1.807, 2.05) is 13.8 Å². The maximum atomic E-state index is 12.1. The van der Waals surface area contributed by atoms with E-state index in [-0.39, 0.29) is 17.6 Å². The zero-order valence-corrected chi connectivity index (χ0v) is 12.2. The quantitative estimate of drug-likeness (QED) is 0.854. The van der Waals surface area contributed by atoms with E-state index in [9.17, 15) is 4.79 Å². The molecular weight excluding hydrogens is 296 g/mol. The monoisotopic (exact) mass is 312 g/mol. The number of halogens is 1. The lowest BCUT2D eigenvalue weighted by Crippen LogP contribution is -2.45. The minimum Gasteiger partial charge on any atom is -0.375 e. The minimum atomic E-state index is -0.158. The summed E-state index contributed by atoms with van der Waals surface area (Å²) in [6.07, 6.45) is 3.32. The van der Waals surface area contributed by atoms with E-state index in [1.165, 1.54) is 0 Å². The molecule has 0 radical (unpaired) electrons. The molecule has 2 rings (SSSR count). The maximum absolute atomic E-state index is 12.1. The van der Waals surface area contributed by atoms with Crippen molar-refractivity contribution in [3.63, 3.8) is 0 Å². The van der Waals surface area contributed by atoms with E-state index in [4.69, 9.17) is 4.74 Å². The molecule has 1 saturated heterocycles. The zero-order chi connectivity index (χ0) is 13.2. The molecule has 0 aromatic carbocycles. The summed E-state index contributed by atoms with van der Waals surface area (Å²) in [7, 11) is 0. The van der Waals surface area contributed by atoms with Gasteiger partial charge in [-0.05, 0) is 54.8 Å². The first-order chi connectivity index (χ1) is 8.46. The summed E-state index contributed by atoms with van der Waals surface area (Å²) < 4.78 is 6.30. The third-order valence-electron chi connectivity index (χ3n) is 3.02. The molecule has 98 valence electrons. The van der Waals surface area contributed by atoms with Gasteiger partial charge >= 0.3 is 0 Å². The lowest BCUT2D eigenvalue weighted by molar-refractivity contribution is -0.0615. The van der Waals surface area contributed by atoms with Crippen LogP contribution in [-0.2, 0) is 4.74 Å². The molecule has 18 heavy (non-hydrogen) atoms. The number of ether oxygens (including phenoxy) is 1. The lowest BCUT2D eigenvalue weighted by atomic mass is 9.94. The van der Waals surface area contributed by atoms with Crippen molar-refractivity contribution >= 4 is 21.8 Å². The van der Waals surface area contributed by atoms with Gasteiger partial charge in [-0.1, -0.05) is 0 Å². The second kappa shape index (κ2) is 5.36. The Bertz CT molecular complexity index is 448. The number of nitrogens with zero attached hydrogens (tertiary/aromatic N) is 1. The maximum Gasteiger partial charge on any atom is 0.251 e. The number of amides is 1. The molecule has 1 unspecified atom stereocenters. The molecule has 1 aliphatic rings. The van der Waals surface area contributed by atoms with Gasteiger partial charge in [-0.3, -0.25) is 4.79 Å². The summed E-state index contributed by atoms with van der Waals surface area (Å²) in [5.41, 5.74) is 0.468. The van der Waals surface area contributed by atoms with Gasteiger partial charge in [-0.25, -0.2) is 4.98 Å². The predicted octanol–water partition coefficient (Wildman–Crippen LogP) is 2.53. The minimum absolute atomic E-state index is 0.0548. The number of rotatable bonds is 2. The Hall–Kier alpha value is -0.940. The summed E-state index contributed by atoms with van der Waals surface area (Å²) >= 11 is 3.26. The van der Waals surface area contributed by atoms with Crippen LogP contribution in [0.25, 0.3) is 0 Å². The lowest BCUT2D eigenvalue weighted by Gasteiger charge is -2.35. The van der Waals surface area contributed by atoms with Crippen molar-refractivity contribution < 1.29 is 9.53 Å². The largest absolute Gasteiger partial charge is 0.375 e. The van der Waals surface area contributed by atoms with Gasteiger partial charge in [0, 0.05) is 24.4 Å². The predicted molar refractivity (Wildman–Crippen MR) is 72.5 cm³/mol. The van der Waals surface area contributed by atoms with Crippen LogP contribution in [-0.4, -0.2) is 29.1 Å². The Balaban J connectivity index is 1.99. The van der Waals surface area contributed by atoms with Crippen molar-refractivity contribution in [3.8, 4) is 0 Å². The number of hydrogen-bond donors (Lipinski definition) is 1. The number of hydrogen-bond acceptors (Lipinski definition) is 3. The highest BCUT2D eigenvalue weighted by Crippen LogP contribution is 2.24. The first kappa shape index (κ1) is 13.5. The Morgan fingerprint density at radius 2 is 2.39 bits per heavy atom. The third-order valence-corrected chi connectivity index (χ3v) is 3.45. The molecule has 0 aliphatic carbocycles. The van der Waals surface area contributed by atoms with Gasteiger partial charge in [0.25, 0.3) is 5.91 Å². The van der Waals surface area contributed by atoms with Crippen molar-refractivity contribution in [2.45, 2.75) is 38.3 Å². The third kappa shape index (κ3) is 3.53. The summed E-state index contributed by atoms with van der Waals surface area (Å²) in [4.78, 5) is 16.1. The van der Waals surface area contributed by atoms with Crippen molar-refractivity contribution in [2.24, 2.45) is 0 Å². The molecule has 0 saturated carbocycles. The first-order valence-corrected chi connectivity index (χ1v) is 6.82. The topological polar surface area (TPSA) is 51.2 Å². The molecule has 1 N–H and O–H groups in total. The highest BCUT2D eigenvalue weighted by atomic mass is 79.9. The van der Waals surface area contributed by atoms with Crippen molar-refractivity contribution in [1.82, 2.24) is 10.3 Å². The highest BCUT2D eigenvalue weighted by Gasteiger charge is 2.29. The average molecular weight is 313 g/mol.